The number of nitrogens with one attached hydrogen (secondary N) is 1. The van der Waals surface area contributed by atoms with Gasteiger partial charge in [-0.3, -0.25) is 4.79 Å². The molecular formula is C11H7BrFNO2. The van der Waals surface area contributed by atoms with Crippen molar-refractivity contribution in [2.24, 2.45) is 0 Å². The third kappa shape index (κ3) is 2.30. The van der Waals surface area contributed by atoms with Gasteiger partial charge in [-0.15, -0.1) is 0 Å². The van der Waals surface area contributed by atoms with Crippen molar-refractivity contribution in [1.29, 1.82) is 0 Å². The van der Waals surface area contributed by atoms with E-state index in [0.29, 0.717) is 15.7 Å². The maximum Gasteiger partial charge on any atom is 0.258 e. The fourth-order valence-electron chi connectivity index (χ4n) is 1.17. The lowest BCUT2D eigenvalue weighted by Crippen LogP contribution is -2.10. The van der Waals surface area contributed by atoms with Crippen molar-refractivity contribution in [2.75, 3.05) is 5.32 Å². The van der Waals surface area contributed by atoms with Gasteiger partial charge in [0.05, 0.1) is 16.3 Å². The van der Waals surface area contributed by atoms with Crippen LogP contribution in [0.1, 0.15) is 10.4 Å². The van der Waals surface area contributed by atoms with Crippen molar-refractivity contribution in [2.45, 2.75) is 0 Å². The Hall–Kier alpha value is -1.62. The minimum Gasteiger partial charge on any atom is -0.472 e. The molecule has 0 fully saturated rings. The Balaban J connectivity index is 2.15. The van der Waals surface area contributed by atoms with E-state index in [2.05, 4.69) is 21.2 Å². The SMILES string of the molecule is O=C(Nc1ccc(F)c(Br)c1)c1ccoc1. The number of benzene rings is 1. The first-order chi connectivity index (χ1) is 7.66. The highest BCUT2D eigenvalue weighted by molar-refractivity contribution is 9.10. The summed E-state index contributed by atoms with van der Waals surface area (Å²) in [6.07, 6.45) is 2.75. The average molecular weight is 284 g/mol. The molecule has 2 aromatic rings. The van der Waals surface area contributed by atoms with Gasteiger partial charge in [-0.05, 0) is 40.2 Å². The van der Waals surface area contributed by atoms with Gasteiger partial charge >= 0.3 is 0 Å². The molecule has 3 nitrogen and oxygen atoms in total. The summed E-state index contributed by atoms with van der Waals surface area (Å²) in [7, 11) is 0. The molecule has 0 aliphatic rings. The first-order valence-corrected chi connectivity index (χ1v) is 5.25. The molecule has 0 aliphatic heterocycles. The summed E-state index contributed by atoms with van der Waals surface area (Å²) < 4.78 is 18.0. The van der Waals surface area contributed by atoms with E-state index in [0.717, 1.165) is 0 Å². The van der Waals surface area contributed by atoms with Crippen molar-refractivity contribution in [3.8, 4) is 0 Å². The monoisotopic (exact) mass is 283 g/mol. The van der Waals surface area contributed by atoms with E-state index in [1.165, 1.54) is 30.7 Å². The zero-order chi connectivity index (χ0) is 11.5. The molecule has 82 valence electrons. The Morgan fingerprint density at radius 3 is 2.81 bits per heavy atom. The highest BCUT2D eigenvalue weighted by Crippen LogP contribution is 2.20. The molecular weight excluding hydrogens is 277 g/mol. The van der Waals surface area contributed by atoms with Crippen molar-refractivity contribution in [3.63, 3.8) is 0 Å². The second-order valence-corrected chi connectivity index (χ2v) is 3.95. The molecule has 1 heterocycles. The van der Waals surface area contributed by atoms with Gasteiger partial charge in [0.15, 0.2) is 0 Å². The highest BCUT2D eigenvalue weighted by Gasteiger charge is 2.08. The summed E-state index contributed by atoms with van der Waals surface area (Å²) in [5.74, 6) is -0.673. The number of hydrogen-bond donors (Lipinski definition) is 1. The first kappa shape index (κ1) is 10.9. The smallest absolute Gasteiger partial charge is 0.258 e. The largest absolute Gasteiger partial charge is 0.472 e. The van der Waals surface area contributed by atoms with Crippen LogP contribution in [0.15, 0.2) is 45.7 Å². The van der Waals surface area contributed by atoms with E-state index in [1.54, 1.807) is 6.07 Å². The normalized spacial score (nSPS) is 10.1. The number of amides is 1. The summed E-state index contributed by atoms with van der Waals surface area (Å²) >= 11 is 3.04. The average Bonchev–Trinajstić information content (AvgIpc) is 2.77. The number of carbonyl (C=O) groups is 1. The van der Waals surface area contributed by atoms with Gasteiger partial charge < -0.3 is 9.73 Å². The lowest BCUT2D eigenvalue weighted by atomic mass is 10.2. The molecule has 5 heteroatoms. The molecule has 0 bridgehead atoms. The maximum absolute atomic E-state index is 12.9. The highest BCUT2D eigenvalue weighted by atomic mass is 79.9. The first-order valence-electron chi connectivity index (χ1n) is 4.45. The number of halogens is 2. The molecule has 1 amide bonds. The van der Waals surface area contributed by atoms with Gasteiger partial charge in [0, 0.05) is 5.69 Å². The van der Waals surface area contributed by atoms with Crippen LogP contribution in [0.2, 0.25) is 0 Å². The molecule has 1 N–H and O–H groups in total. The quantitative estimate of drug-likeness (QED) is 0.918. The minimum absolute atomic E-state index is 0.299. The van der Waals surface area contributed by atoms with Gasteiger partial charge in [0.2, 0.25) is 0 Å². The van der Waals surface area contributed by atoms with Crippen LogP contribution in [0.4, 0.5) is 10.1 Å². The molecule has 0 radical (unpaired) electrons. The van der Waals surface area contributed by atoms with Crippen molar-refractivity contribution >= 4 is 27.5 Å². The molecule has 0 unspecified atom stereocenters. The molecule has 1 aromatic carbocycles. The Morgan fingerprint density at radius 1 is 1.38 bits per heavy atom. The number of carbonyl (C=O) groups excluding carboxylic acids is 1. The fourth-order valence-corrected chi connectivity index (χ4v) is 1.55. The summed E-state index contributed by atoms with van der Waals surface area (Å²) in [6.45, 7) is 0. The summed E-state index contributed by atoms with van der Waals surface area (Å²) in [5.41, 5.74) is 0.930. The van der Waals surface area contributed by atoms with Crippen molar-refractivity contribution < 1.29 is 13.6 Å². The zero-order valence-electron chi connectivity index (χ0n) is 8.04. The Kier molecular flexibility index (Phi) is 3.05. The van der Waals surface area contributed by atoms with Crippen LogP contribution in [-0.2, 0) is 0 Å². The predicted octanol–water partition coefficient (Wildman–Crippen LogP) is 3.43. The number of anilines is 1. The molecule has 0 aliphatic carbocycles. The molecule has 0 saturated carbocycles. The molecule has 1 aromatic heterocycles. The number of hydrogen-bond acceptors (Lipinski definition) is 2. The van der Waals surface area contributed by atoms with Crippen LogP contribution in [0.5, 0.6) is 0 Å². The molecule has 0 atom stereocenters. The van der Waals surface area contributed by atoms with Gasteiger partial charge in [0.1, 0.15) is 12.1 Å². The topological polar surface area (TPSA) is 42.2 Å². The van der Waals surface area contributed by atoms with Crippen LogP contribution in [-0.4, -0.2) is 5.91 Å². The van der Waals surface area contributed by atoms with E-state index < -0.39 is 0 Å². The molecule has 2 rings (SSSR count). The van der Waals surface area contributed by atoms with E-state index in [4.69, 9.17) is 4.42 Å². The maximum atomic E-state index is 12.9. The Labute approximate surface area is 99.4 Å². The van der Waals surface area contributed by atoms with Gasteiger partial charge in [-0.2, -0.15) is 0 Å². The van der Waals surface area contributed by atoms with Crippen LogP contribution in [0, 0.1) is 5.82 Å². The lowest BCUT2D eigenvalue weighted by Gasteiger charge is -2.04. The predicted molar refractivity (Wildman–Crippen MR) is 60.8 cm³/mol. The molecule has 0 saturated heterocycles. The Morgan fingerprint density at radius 2 is 2.19 bits per heavy atom. The standard InChI is InChI=1S/C11H7BrFNO2/c12-9-5-8(1-2-10(9)13)14-11(15)7-3-4-16-6-7/h1-6H,(H,14,15). The third-order valence-corrected chi connectivity index (χ3v) is 2.57. The van der Waals surface area contributed by atoms with Gasteiger partial charge in [-0.25, -0.2) is 4.39 Å². The second-order valence-electron chi connectivity index (χ2n) is 3.10. The number of furan rings is 1. The third-order valence-electron chi connectivity index (χ3n) is 1.96. The van der Waals surface area contributed by atoms with Crippen molar-refractivity contribution in [3.05, 3.63) is 52.6 Å². The van der Waals surface area contributed by atoms with E-state index in [1.807, 2.05) is 0 Å². The summed E-state index contributed by atoms with van der Waals surface area (Å²) in [5, 5.41) is 2.62. The van der Waals surface area contributed by atoms with Crippen molar-refractivity contribution in [1.82, 2.24) is 0 Å². The van der Waals surface area contributed by atoms with Gasteiger partial charge in [0.25, 0.3) is 5.91 Å². The summed E-state index contributed by atoms with van der Waals surface area (Å²) in [4.78, 5) is 11.6. The van der Waals surface area contributed by atoms with E-state index in [-0.39, 0.29) is 11.7 Å². The van der Waals surface area contributed by atoms with Crippen LogP contribution >= 0.6 is 15.9 Å². The lowest BCUT2D eigenvalue weighted by molar-refractivity contribution is 0.102. The molecule has 0 spiro atoms. The van der Waals surface area contributed by atoms with Gasteiger partial charge in [-0.1, -0.05) is 0 Å². The van der Waals surface area contributed by atoms with E-state index >= 15 is 0 Å². The Bertz CT molecular complexity index is 511. The zero-order valence-corrected chi connectivity index (χ0v) is 9.62. The second kappa shape index (κ2) is 4.49. The summed E-state index contributed by atoms with van der Waals surface area (Å²) in [6, 6.07) is 5.80. The van der Waals surface area contributed by atoms with Crippen LogP contribution in [0.3, 0.4) is 0 Å². The van der Waals surface area contributed by atoms with E-state index in [9.17, 15) is 9.18 Å². The molecule has 16 heavy (non-hydrogen) atoms. The fraction of sp³-hybridized carbons (Fsp3) is 0. The minimum atomic E-state index is -0.374. The van der Waals surface area contributed by atoms with Crippen LogP contribution in [0.25, 0.3) is 0 Å². The van der Waals surface area contributed by atoms with Crippen LogP contribution < -0.4 is 5.32 Å². The number of rotatable bonds is 2.